The Balaban J connectivity index is 1.73. The van der Waals surface area contributed by atoms with Crippen LogP contribution in [-0.2, 0) is 14.3 Å². The average molecular weight is 514 g/mol. The summed E-state index contributed by atoms with van der Waals surface area (Å²) in [6, 6.07) is 9.13. The number of esters is 1. The van der Waals surface area contributed by atoms with Gasteiger partial charge in [-0.05, 0) is 55.1 Å². The Morgan fingerprint density at radius 2 is 1.78 bits per heavy atom. The topological polar surface area (TPSA) is 92.8 Å². The fourth-order valence-corrected chi connectivity index (χ4v) is 4.25. The monoisotopic (exact) mass is 512 g/mol. The van der Waals surface area contributed by atoms with Gasteiger partial charge in [-0.2, -0.15) is 0 Å². The highest BCUT2D eigenvalue weighted by molar-refractivity contribution is 8.18. The zero-order valence-corrected chi connectivity index (χ0v) is 19.6. The van der Waals surface area contributed by atoms with Crippen LogP contribution in [-0.4, -0.2) is 41.1 Å². The van der Waals surface area contributed by atoms with Gasteiger partial charge in [0.2, 0.25) is 5.91 Å². The Labute approximate surface area is 202 Å². The van der Waals surface area contributed by atoms with Crippen molar-refractivity contribution in [3.63, 3.8) is 0 Å². The molecular formula is C21H15Cl3N2O5S. The molecule has 0 aromatic heterocycles. The van der Waals surface area contributed by atoms with Crippen LogP contribution < -0.4 is 5.32 Å². The Kier molecular flexibility index (Phi) is 7.84. The number of halogens is 3. The van der Waals surface area contributed by atoms with Crippen LogP contribution in [0.4, 0.5) is 10.5 Å². The van der Waals surface area contributed by atoms with Gasteiger partial charge in [-0.1, -0.05) is 40.9 Å². The van der Waals surface area contributed by atoms with Crippen molar-refractivity contribution in [2.75, 3.05) is 18.5 Å². The van der Waals surface area contributed by atoms with Crippen molar-refractivity contribution < 1.29 is 23.9 Å². The standard InChI is InChI=1S/C21H15Cl3N2O5S/c1-2-31-20(29)13-8-11(6-7-16(13)24)25-18(27)10-26-19(28)17(32-21(26)30)9-12-14(22)4-3-5-15(12)23/h3-9H,2,10H2,1H3,(H,25,27)/b17-9+. The van der Waals surface area contributed by atoms with Crippen LogP contribution in [0.5, 0.6) is 0 Å². The van der Waals surface area contributed by atoms with Crippen LogP contribution in [0.15, 0.2) is 41.3 Å². The smallest absolute Gasteiger partial charge is 0.339 e. The molecule has 0 spiro atoms. The van der Waals surface area contributed by atoms with Gasteiger partial charge in [0.15, 0.2) is 0 Å². The van der Waals surface area contributed by atoms with Crippen molar-refractivity contribution in [1.29, 1.82) is 0 Å². The van der Waals surface area contributed by atoms with Crippen LogP contribution in [0, 0.1) is 0 Å². The number of hydrogen-bond donors (Lipinski definition) is 1. The summed E-state index contributed by atoms with van der Waals surface area (Å²) in [5.74, 6) is -1.92. The van der Waals surface area contributed by atoms with Gasteiger partial charge < -0.3 is 10.1 Å². The molecule has 0 radical (unpaired) electrons. The molecule has 0 aliphatic carbocycles. The molecular weight excluding hydrogens is 499 g/mol. The first kappa shape index (κ1) is 24.1. The van der Waals surface area contributed by atoms with Crippen molar-refractivity contribution in [3.8, 4) is 0 Å². The first-order chi connectivity index (χ1) is 15.2. The first-order valence-electron chi connectivity index (χ1n) is 9.17. The molecule has 1 heterocycles. The second-order valence-electron chi connectivity index (χ2n) is 6.37. The number of hydrogen-bond acceptors (Lipinski definition) is 6. The number of imide groups is 1. The largest absolute Gasteiger partial charge is 0.462 e. The lowest BCUT2D eigenvalue weighted by molar-refractivity contribution is -0.127. The summed E-state index contributed by atoms with van der Waals surface area (Å²) in [6.07, 6.45) is 1.41. The summed E-state index contributed by atoms with van der Waals surface area (Å²) in [6.45, 7) is 1.30. The molecule has 0 saturated carbocycles. The molecule has 2 aromatic rings. The minimum Gasteiger partial charge on any atom is -0.462 e. The van der Waals surface area contributed by atoms with Gasteiger partial charge >= 0.3 is 5.97 Å². The summed E-state index contributed by atoms with van der Waals surface area (Å²) < 4.78 is 4.92. The summed E-state index contributed by atoms with van der Waals surface area (Å²) in [5.41, 5.74) is 0.739. The van der Waals surface area contributed by atoms with Crippen LogP contribution in [0.2, 0.25) is 15.1 Å². The van der Waals surface area contributed by atoms with Gasteiger partial charge in [-0.25, -0.2) is 4.79 Å². The molecule has 11 heteroatoms. The second-order valence-corrected chi connectivity index (χ2v) is 8.58. The van der Waals surface area contributed by atoms with Gasteiger partial charge in [-0.3, -0.25) is 19.3 Å². The number of anilines is 1. The van der Waals surface area contributed by atoms with E-state index >= 15 is 0 Å². The third kappa shape index (κ3) is 5.45. The fraction of sp³-hybridized carbons (Fsp3) is 0.143. The van der Waals surface area contributed by atoms with E-state index in [1.165, 1.54) is 24.3 Å². The molecule has 0 unspecified atom stereocenters. The SMILES string of the molecule is CCOC(=O)c1cc(NC(=O)CN2C(=O)S/C(=C/c3c(Cl)cccc3Cl)C2=O)ccc1Cl. The van der Waals surface area contributed by atoms with E-state index in [9.17, 15) is 19.2 Å². The van der Waals surface area contributed by atoms with Crippen LogP contribution in [0.3, 0.4) is 0 Å². The van der Waals surface area contributed by atoms with E-state index in [0.29, 0.717) is 27.4 Å². The molecule has 166 valence electrons. The van der Waals surface area contributed by atoms with E-state index in [0.717, 1.165) is 4.90 Å². The van der Waals surface area contributed by atoms with Gasteiger partial charge in [-0.15, -0.1) is 0 Å². The highest BCUT2D eigenvalue weighted by atomic mass is 35.5. The predicted octanol–water partition coefficient (Wildman–Crippen LogP) is 5.50. The molecule has 3 rings (SSSR count). The normalized spacial score (nSPS) is 14.8. The molecule has 32 heavy (non-hydrogen) atoms. The average Bonchev–Trinajstić information content (AvgIpc) is 2.99. The van der Waals surface area contributed by atoms with E-state index < -0.39 is 29.6 Å². The zero-order valence-electron chi connectivity index (χ0n) is 16.5. The molecule has 0 bridgehead atoms. The van der Waals surface area contributed by atoms with Crippen molar-refractivity contribution in [1.82, 2.24) is 4.90 Å². The Bertz CT molecular complexity index is 1130. The minimum absolute atomic E-state index is 0.0806. The maximum atomic E-state index is 12.7. The zero-order chi connectivity index (χ0) is 23.4. The summed E-state index contributed by atoms with van der Waals surface area (Å²) in [4.78, 5) is 50.3. The molecule has 0 atom stereocenters. The fourth-order valence-electron chi connectivity index (χ4n) is 2.73. The third-order valence-corrected chi connectivity index (χ3v) is 6.09. The number of rotatable bonds is 6. The number of ether oxygens (including phenoxy) is 1. The van der Waals surface area contributed by atoms with Crippen molar-refractivity contribution in [2.45, 2.75) is 6.92 Å². The van der Waals surface area contributed by atoms with Crippen LogP contribution >= 0.6 is 46.6 Å². The number of thioether (sulfide) groups is 1. The number of carbonyl (C=O) groups is 4. The third-order valence-electron chi connectivity index (χ3n) is 4.20. The lowest BCUT2D eigenvalue weighted by atomic mass is 10.2. The number of carbonyl (C=O) groups excluding carboxylic acids is 4. The lowest BCUT2D eigenvalue weighted by Crippen LogP contribution is -2.36. The Morgan fingerprint density at radius 3 is 2.44 bits per heavy atom. The quantitative estimate of drug-likeness (QED) is 0.405. The summed E-state index contributed by atoms with van der Waals surface area (Å²) in [7, 11) is 0. The van der Waals surface area contributed by atoms with Gasteiger partial charge in [0, 0.05) is 21.3 Å². The van der Waals surface area contributed by atoms with Gasteiger partial charge in [0.05, 0.1) is 22.1 Å². The van der Waals surface area contributed by atoms with Gasteiger partial charge in [0.1, 0.15) is 6.54 Å². The lowest BCUT2D eigenvalue weighted by Gasteiger charge is -2.13. The minimum atomic E-state index is -0.644. The maximum Gasteiger partial charge on any atom is 0.339 e. The second kappa shape index (κ2) is 10.4. The molecule has 7 nitrogen and oxygen atoms in total. The van der Waals surface area contributed by atoms with Crippen molar-refractivity contribution >= 4 is 81.4 Å². The van der Waals surface area contributed by atoms with Crippen molar-refractivity contribution in [3.05, 3.63) is 67.5 Å². The highest BCUT2D eigenvalue weighted by Crippen LogP contribution is 2.35. The van der Waals surface area contributed by atoms with Crippen LogP contribution in [0.25, 0.3) is 6.08 Å². The predicted molar refractivity (Wildman–Crippen MR) is 125 cm³/mol. The van der Waals surface area contributed by atoms with E-state index in [4.69, 9.17) is 39.5 Å². The maximum absolute atomic E-state index is 12.7. The molecule has 1 aliphatic heterocycles. The highest BCUT2D eigenvalue weighted by Gasteiger charge is 2.36. The molecule has 1 N–H and O–H groups in total. The first-order valence-corrected chi connectivity index (χ1v) is 11.1. The van der Waals surface area contributed by atoms with E-state index in [-0.39, 0.29) is 27.8 Å². The molecule has 1 aliphatic rings. The summed E-state index contributed by atoms with van der Waals surface area (Å²) >= 11 is 18.9. The number of amides is 3. The van der Waals surface area contributed by atoms with Crippen molar-refractivity contribution in [2.24, 2.45) is 0 Å². The number of nitrogens with zero attached hydrogens (tertiary/aromatic N) is 1. The molecule has 1 saturated heterocycles. The number of benzene rings is 2. The Morgan fingerprint density at radius 1 is 1.09 bits per heavy atom. The molecule has 1 fully saturated rings. The molecule has 2 aromatic carbocycles. The molecule has 3 amide bonds. The van der Waals surface area contributed by atoms with Gasteiger partial charge in [0.25, 0.3) is 11.1 Å². The van der Waals surface area contributed by atoms with Crippen LogP contribution in [0.1, 0.15) is 22.8 Å². The van der Waals surface area contributed by atoms with E-state index in [1.807, 2.05) is 0 Å². The van der Waals surface area contributed by atoms with E-state index in [2.05, 4.69) is 5.32 Å². The summed E-state index contributed by atoms with van der Waals surface area (Å²) in [5, 5.41) is 2.73. The number of nitrogens with one attached hydrogen (secondary N) is 1. The Hall–Kier alpha value is -2.52. The van der Waals surface area contributed by atoms with E-state index in [1.54, 1.807) is 25.1 Å².